The van der Waals surface area contributed by atoms with E-state index in [0.29, 0.717) is 12.5 Å². The number of hydrogen-bond acceptors (Lipinski definition) is 5. The van der Waals surface area contributed by atoms with Crippen molar-refractivity contribution in [1.82, 2.24) is 9.88 Å². The molecule has 0 aromatic carbocycles. The normalized spacial score (nSPS) is 20.2. The van der Waals surface area contributed by atoms with Crippen molar-refractivity contribution in [1.29, 1.82) is 0 Å². The predicted octanol–water partition coefficient (Wildman–Crippen LogP) is 1.67. The molecule has 1 aliphatic rings. The first-order chi connectivity index (χ1) is 8.65. The van der Waals surface area contributed by atoms with E-state index in [0.717, 1.165) is 17.4 Å². The van der Waals surface area contributed by atoms with Crippen molar-refractivity contribution in [2.75, 3.05) is 25.5 Å². The van der Waals surface area contributed by atoms with Gasteiger partial charge in [0.15, 0.2) is 5.13 Å². The number of aryl methyl sites for hydroxylation is 1. The molecule has 1 fully saturated rings. The minimum atomic E-state index is -0.773. The number of rotatable bonds is 6. The zero-order valence-electron chi connectivity index (χ0n) is 10.6. The standard InChI is InChI=1S/C12H19N3O2S/c1-15-6-2-3-10(15)7-13-12-14-9(8-18-12)4-5-11(16)17/h8,10H,2-7H2,1H3,(H,13,14)(H,16,17). The van der Waals surface area contributed by atoms with Gasteiger partial charge in [0, 0.05) is 24.4 Å². The average Bonchev–Trinajstić information content (AvgIpc) is 2.93. The van der Waals surface area contributed by atoms with Crippen LogP contribution >= 0.6 is 11.3 Å². The summed E-state index contributed by atoms with van der Waals surface area (Å²) in [4.78, 5) is 17.2. The summed E-state index contributed by atoms with van der Waals surface area (Å²) in [6.07, 6.45) is 3.16. The highest BCUT2D eigenvalue weighted by Gasteiger charge is 2.20. The first-order valence-electron chi connectivity index (χ1n) is 6.25. The molecular weight excluding hydrogens is 250 g/mol. The number of hydrogen-bond donors (Lipinski definition) is 2. The van der Waals surface area contributed by atoms with Crippen LogP contribution in [-0.4, -0.2) is 47.1 Å². The third kappa shape index (κ3) is 3.68. The number of nitrogens with one attached hydrogen (secondary N) is 1. The Hall–Kier alpha value is -1.14. The maximum Gasteiger partial charge on any atom is 0.303 e. The van der Waals surface area contributed by atoms with Crippen molar-refractivity contribution in [2.24, 2.45) is 0 Å². The molecule has 100 valence electrons. The van der Waals surface area contributed by atoms with Crippen molar-refractivity contribution in [3.05, 3.63) is 11.1 Å². The molecule has 6 heteroatoms. The maximum atomic E-state index is 10.5. The Kier molecular flexibility index (Phi) is 4.54. The largest absolute Gasteiger partial charge is 0.481 e. The summed E-state index contributed by atoms with van der Waals surface area (Å²) in [5.41, 5.74) is 0.865. The molecule has 1 aromatic rings. The van der Waals surface area contributed by atoms with Crippen LogP contribution in [0.5, 0.6) is 0 Å². The lowest BCUT2D eigenvalue weighted by Crippen LogP contribution is -2.31. The predicted molar refractivity (Wildman–Crippen MR) is 72.2 cm³/mol. The fourth-order valence-corrected chi connectivity index (χ4v) is 2.94. The lowest BCUT2D eigenvalue weighted by molar-refractivity contribution is -0.136. The molecule has 2 N–H and O–H groups in total. The third-order valence-corrected chi connectivity index (χ3v) is 4.16. The summed E-state index contributed by atoms with van der Waals surface area (Å²) in [6.45, 7) is 2.09. The highest BCUT2D eigenvalue weighted by Crippen LogP contribution is 2.19. The van der Waals surface area contributed by atoms with Crippen molar-refractivity contribution in [3.8, 4) is 0 Å². The number of carboxylic acids is 1. The van der Waals surface area contributed by atoms with Crippen molar-refractivity contribution in [3.63, 3.8) is 0 Å². The van der Waals surface area contributed by atoms with Crippen LogP contribution in [0.3, 0.4) is 0 Å². The highest BCUT2D eigenvalue weighted by atomic mass is 32.1. The fraction of sp³-hybridized carbons (Fsp3) is 0.667. The molecule has 1 unspecified atom stereocenters. The molecule has 0 aliphatic carbocycles. The molecular formula is C12H19N3O2S. The summed E-state index contributed by atoms with van der Waals surface area (Å²) in [5.74, 6) is -0.773. The Balaban J connectivity index is 1.77. The van der Waals surface area contributed by atoms with Gasteiger partial charge in [-0.1, -0.05) is 0 Å². The van der Waals surface area contributed by atoms with Gasteiger partial charge in [-0.2, -0.15) is 0 Å². The molecule has 2 rings (SSSR count). The molecule has 1 saturated heterocycles. The maximum absolute atomic E-state index is 10.5. The summed E-state index contributed by atoms with van der Waals surface area (Å²) in [7, 11) is 2.15. The van der Waals surface area contributed by atoms with E-state index in [9.17, 15) is 4.79 Å². The molecule has 1 atom stereocenters. The van der Waals surface area contributed by atoms with Crippen LogP contribution < -0.4 is 5.32 Å². The van der Waals surface area contributed by atoms with Crippen LogP contribution in [-0.2, 0) is 11.2 Å². The Morgan fingerprint density at radius 3 is 3.22 bits per heavy atom. The molecule has 18 heavy (non-hydrogen) atoms. The van der Waals surface area contributed by atoms with E-state index in [1.807, 2.05) is 5.38 Å². The first kappa shape index (κ1) is 13.3. The molecule has 5 nitrogen and oxygen atoms in total. The summed E-state index contributed by atoms with van der Waals surface area (Å²) in [5, 5.41) is 14.8. The number of likely N-dealkylation sites (N-methyl/N-ethyl adjacent to an activating group) is 1. The Morgan fingerprint density at radius 2 is 2.56 bits per heavy atom. The molecule has 1 aromatic heterocycles. The minimum absolute atomic E-state index is 0.147. The van der Waals surface area contributed by atoms with Gasteiger partial charge >= 0.3 is 5.97 Å². The van der Waals surface area contributed by atoms with Gasteiger partial charge in [-0.25, -0.2) is 4.98 Å². The summed E-state index contributed by atoms with van der Waals surface area (Å²) < 4.78 is 0. The molecule has 1 aliphatic heterocycles. The molecule has 2 heterocycles. The number of likely N-dealkylation sites (tertiary alicyclic amines) is 1. The number of carboxylic acid groups (broad SMARTS) is 1. The van der Waals surface area contributed by atoms with E-state index >= 15 is 0 Å². The Labute approximate surface area is 111 Å². The quantitative estimate of drug-likeness (QED) is 0.822. The monoisotopic (exact) mass is 269 g/mol. The molecule has 0 bridgehead atoms. The molecule has 0 radical (unpaired) electrons. The van der Waals surface area contributed by atoms with Crippen molar-refractivity contribution >= 4 is 22.4 Å². The number of nitrogens with zero attached hydrogens (tertiary/aromatic N) is 2. The van der Waals surface area contributed by atoms with Crippen molar-refractivity contribution < 1.29 is 9.90 Å². The lowest BCUT2D eigenvalue weighted by atomic mass is 10.2. The highest BCUT2D eigenvalue weighted by molar-refractivity contribution is 7.13. The molecule has 0 amide bonds. The zero-order chi connectivity index (χ0) is 13.0. The van der Waals surface area contributed by atoms with Crippen LogP contribution in [0.4, 0.5) is 5.13 Å². The van der Waals surface area contributed by atoms with Gasteiger partial charge in [-0.05, 0) is 26.4 Å². The van der Waals surface area contributed by atoms with Gasteiger partial charge in [-0.3, -0.25) is 4.79 Å². The minimum Gasteiger partial charge on any atom is -0.481 e. The number of carbonyl (C=O) groups is 1. The topological polar surface area (TPSA) is 65.5 Å². The second kappa shape index (κ2) is 6.15. The van der Waals surface area contributed by atoms with Crippen LogP contribution in [0.2, 0.25) is 0 Å². The fourth-order valence-electron chi connectivity index (χ4n) is 2.18. The number of thiazole rings is 1. The summed E-state index contributed by atoms with van der Waals surface area (Å²) >= 11 is 1.55. The second-order valence-corrected chi connectivity index (χ2v) is 5.55. The van der Waals surface area contributed by atoms with Gasteiger partial charge < -0.3 is 15.3 Å². The lowest BCUT2D eigenvalue weighted by Gasteiger charge is -2.19. The van der Waals surface area contributed by atoms with E-state index in [-0.39, 0.29) is 6.42 Å². The SMILES string of the molecule is CN1CCCC1CNc1nc(CCC(=O)O)cs1. The number of aromatic nitrogens is 1. The van der Waals surface area contributed by atoms with Gasteiger partial charge in [0.1, 0.15) is 0 Å². The van der Waals surface area contributed by atoms with Gasteiger partial charge in [0.2, 0.25) is 0 Å². The van der Waals surface area contributed by atoms with E-state index in [4.69, 9.17) is 5.11 Å². The molecule has 0 spiro atoms. The van der Waals surface area contributed by atoms with E-state index in [2.05, 4.69) is 22.2 Å². The second-order valence-electron chi connectivity index (χ2n) is 4.70. The van der Waals surface area contributed by atoms with E-state index in [1.165, 1.54) is 19.4 Å². The molecule has 0 saturated carbocycles. The van der Waals surface area contributed by atoms with Crippen LogP contribution in [0.1, 0.15) is 25.0 Å². The first-order valence-corrected chi connectivity index (χ1v) is 7.13. The van der Waals surface area contributed by atoms with Crippen molar-refractivity contribution in [2.45, 2.75) is 31.7 Å². The smallest absolute Gasteiger partial charge is 0.303 e. The van der Waals surface area contributed by atoms with E-state index in [1.54, 1.807) is 11.3 Å². The van der Waals surface area contributed by atoms with Gasteiger partial charge in [-0.15, -0.1) is 11.3 Å². The van der Waals surface area contributed by atoms with Crippen LogP contribution in [0.15, 0.2) is 5.38 Å². The Morgan fingerprint density at radius 1 is 1.72 bits per heavy atom. The zero-order valence-corrected chi connectivity index (χ0v) is 11.4. The van der Waals surface area contributed by atoms with Gasteiger partial charge in [0.05, 0.1) is 12.1 Å². The van der Waals surface area contributed by atoms with Gasteiger partial charge in [0.25, 0.3) is 0 Å². The van der Waals surface area contributed by atoms with E-state index < -0.39 is 5.97 Å². The number of anilines is 1. The number of aliphatic carboxylic acids is 1. The third-order valence-electron chi connectivity index (χ3n) is 3.31. The van der Waals surface area contributed by atoms with Crippen LogP contribution in [0, 0.1) is 0 Å². The average molecular weight is 269 g/mol. The Bertz CT molecular complexity index is 408. The summed E-state index contributed by atoms with van der Waals surface area (Å²) in [6, 6.07) is 0.594. The van der Waals surface area contributed by atoms with Crippen LogP contribution in [0.25, 0.3) is 0 Å².